The molecule has 0 aliphatic carbocycles. The number of fused-ring (bicyclic) bond motifs is 5. The molecule has 0 bridgehead atoms. The fourth-order valence-corrected chi connectivity index (χ4v) is 8.69. The normalized spacial score (nSPS) is 11.4. The summed E-state index contributed by atoms with van der Waals surface area (Å²) in [5.41, 5.74) is 14.3. The molecule has 11 aromatic rings. The second-order valence-corrected chi connectivity index (χ2v) is 14.9. The first kappa shape index (κ1) is 33.6. The molecule has 1 aromatic heterocycles. The monoisotopic (exact) mass is 739 g/mol. The van der Waals surface area contributed by atoms with Crippen molar-refractivity contribution in [1.29, 1.82) is 0 Å². The second-order valence-electron chi connectivity index (χ2n) is 14.9. The summed E-state index contributed by atoms with van der Waals surface area (Å²) < 4.78 is 6.47. The first-order chi connectivity index (χ1) is 28.8. The molecule has 11 rings (SSSR count). The van der Waals surface area contributed by atoms with E-state index in [9.17, 15) is 0 Å². The fraction of sp³-hybridized carbons (Fsp3) is 0. The Kier molecular flexibility index (Phi) is 8.19. The molecule has 0 N–H and O–H groups in total. The van der Waals surface area contributed by atoms with Crippen LogP contribution in [0.5, 0.6) is 0 Å². The van der Waals surface area contributed by atoms with Gasteiger partial charge >= 0.3 is 0 Å². The predicted octanol–water partition coefficient (Wildman–Crippen LogP) is 16.0. The van der Waals surface area contributed by atoms with E-state index in [1.807, 2.05) is 12.1 Å². The van der Waals surface area contributed by atoms with Gasteiger partial charge in [0, 0.05) is 33.3 Å². The highest BCUT2D eigenvalue weighted by Gasteiger charge is 2.21. The molecule has 0 saturated heterocycles. The smallest absolute Gasteiger partial charge is 0.143 e. The molecule has 0 aliphatic rings. The molecule has 10 aromatic carbocycles. The summed E-state index contributed by atoms with van der Waals surface area (Å²) in [4.78, 5) is 2.41. The average Bonchev–Trinajstić information content (AvgIpc) is 3.68. The highest BCUT2D eigenvalue weighted by molar-refractivity contribution is 6.09. The van der Waals surface area contributed by atoms with Crippen LogP contribution in [0.15, 0.2) is 229 Å². The highest BCUT2D eigenvalue weighted by atomic mass is 16.3. The summed E-state index contributed by atoms with van der Waals surface area (Å²) in [5.74, 6) is 0. The summed E-state index contributed by atoms with van der Waals surface area (Å²) in [6.45, 7) is 0. The molecular weight excluding hydrogens is 703 g/mol. The molecule has 2 nitrogen and oxygen atoms in total. The summed E-state index contributed by atoms with van der Waals surface area (Å²) in [6.07, 6.45) is 0. The molecule has 0 amide bonds. The first-order valence-corrected chi connectivity index (χ1v) is 19.8. The number of furan rings is 1. The summed E-state index contributed by atoms with van der Waals surface area (Å²) in [7, 11) is 0. The Labute approximate surface area is 337 Å². The van der Waals surface area contributed by atoms with Gasteiger partial charge in [0.2, 0.25) is 0 Å². The van der Waals surface area contributed by atoms with E-state index < -0.39 is 0 Å². The van der Waals surface area contributed by atoms with E-state index in [4.69, 9.17) is 4.42 Å². The number of nitrogens with zero attached hydrogens (tertiary/aromatic N) is 1. The van der Waals surface area contributed by atoms with Gasteiger partial charge < -0.3 is 9.32 Å². The number of para-hydroxylation sites is 3. The lowest BCUT2D eigenvalue weighted by atomic mass is 9.90. The van der Waals surface area contributed by atoms with Crippen LogP contribution >= 0.6 is 0 Å². The van der Waals surface area contributed by atoms with E-state index in [0.29, 0.717) is 0 Å². The van der Waals surface area contributed by atoms with Gasteiger partial charge in [-0.2, -0.15) is 0 Å². The van der Waals surface area contributed by atoms with Gasteiger partial charge in [-0.05, 0) is 97.4 Å². The van der Waals surface area contributed by atoms with Crippen LogP contribution in [0.2, 0.25) is 0 Å². The van der Waals surface area contributed by atoms with Gasteiger partial charge in [-0.1, -0.05) is 182 Å². The largest absolute Gasteiger partial charge is 0.455 e. The number of benzene rings is 10. The lowest BCUT2D eigenvalue weighted by Crippen LogP contribution is -2.11. The van der Waals surface area contributed by atoms with Gasteiger partial charge in [-0.15, -0.1) is 0 Å². The molecular formula is C56H37NO. The van der Waals surface area contributed by atoms with Crippen LogP contribution in [0.25, 0.3) is 88.0 Å². The van der Waals surface area contributed by atoms with E-state index >= 15 is 0 Å². The Morgan fingerprint density at radius 3 is 1.72 bits per heavy atom. The quantitative estimate of drug-likeness (QED) is 0.162. The van der Waals surface area contributed by atoms with Crippen molar-refractivity contribution in [2.45, 2.75) is 0 Å². The molecule has 2 heteroatoms. The van der Waals surface area contributed by atoms with Crippen LogP contribution in [-0.2, 0) is 0 Å². The second kappa shape index (κ2) is 14.1. The van der Waals surface area contributed by atoms with E-state index in [2.05, 4.69) is 217 Å². The molecule has 1 heterocycles. The van der Waals surface area contributed by atoms with Crippen molar-refractivity contribution in [3.05, 3.63) is 224 Å². The molecule has 0 atom stereocenters. The standard InChI is InChI=1S/C56H37NO/c1-2-16-41-36-43(31-30-38(41)14-1)42-18-11-19-45(37-42)57(44-34-32-40(33-35-44)47-25-13-27-53-52-24-8-10-29-55(52)58-56(47)53)54-28-9-7-23-51(54)50-22-6-5-21-49(50)48-26-12-17-39-15-3-4-20-46(39)48/h1-37H. The zero-order chi connectivity index (χ0) is 38.4. The van der Waals surface area contributed by atoms with E-state index in [-0.39, 0.29) is 0 Å². The van der Waals surface area contributed by atoms with Crippen molar-refractivity contribution in [2.24, 2.45) is 0 Å². The zero-order valence-electron chi connectivity index (χ0n) is 31.7. The van der Waals surface area contributed by atoms with Crippen molar-refractivity contribution in [2.75, 3.05) is 4.90 Å². The molecule has 0 unspecified atom stereocenters. The van der Waals surface area contributed by atoms with Crippen LogP contribution in [0.1, 0.15) is 0 Å². The summed E-state index contributed by atoms with van der Waals surface area (Å²) >= 11 is 0. The zero-order valence-corrected chi connectivity index (χ0v) is 31.7. The van der Waals surface area contributed by atoms with Gasteiger partial charge in [0.15, 0.2) is 0 Å². The third kappa shape index (κ3) is 5.82. The number of anilines is 3. The summed E-state index contributed by atoms with van der Waals surface area (Å²) in [5, 5.41) is 7.20. The molecule has 0 radical (unpaired) electrons. The van der Waals surface area contributed by atoms with Gasteiger partial charge in [0.25, 0.3) is 0 Å². The van der Waals surface area contributed by atoms with Crippen molar-refractivity contribution >= 4 is 60.5 Å². The number of hydrogen-bond donors (Lipinski definition) is 0. The Balaban J connectivity index is 1.09. The van der Waals surface area contributed by atoms with Crippen molar-refractivity contribution < 1.29 is 4.42 Å². The van der Waals surface area contributed by atoms with Gasteiger partial charge in [0.05, 0.1) is 5.69 Å². The van der Waals surface area contributed by atoms with Gasteiger partial charge in [-0.25, -0.2) is 0 Å². The average molecular weight is 740 g/mol. The molecule has 58 heavy (non-hydrogen) atoms. The maximum atomic E-state index is 6.47. The molecule has 0 spiro atoms. The Morgan fingerprint density at radius 2 is 0.862 bits per heavy atom. The maximum absolute atomic E-state index is 6.47. The van der Waals surface area contributed by atoms with Crippen LogP contribution in [0, 0.1) is 0 Å². The molecule has 0 aliphatic heterocycles. The van der Waals surface area contributed by atoms with Gasteiger partial charge in [-0.3, -0.25) is 0 Å². The van der Waals surface area contributed by atoms with Gasteiger partial charge in [0.1, 0.15) is 11.2 Å². The van der Waals surface area contributed by atoms with Crippen LogP contribution in [0.4, 0.5) is 17.1 Å². The maximum Gasteiger partial charge on any atom is 0.143 e. The summed E-state index contributed by atoms with van der Waals surface area (Å²) in [6, 6.07) is 80.8. The lowest BCUT2D eigenvalue weighted by Gasteiger charge is -2.29. The number of hydrogen-bond acceptors (Lipinski definition) is 2. The third-order valence-corrected chi connectivity index (χ3v) is 11.5. The van der Waals surface area contributed by atoms with E-state index in [1.54, 1.807) is 0 Å². The van der Waals surface area contributed by atoms with E-state index in [0.717, 1.165) is 61.3 Å². The van der Waals surface area contributed by atoms with Crippen LogP contribution in [-0.4, -0.2) is 0 Å². The molecule has 0 fully saturated rings. The lowest BCUT2D eigenvalue weighted by molar-refractivity contribution is 0.670. The molecule has 0 saturated carbocycles. The Bertz CT molecular complexity index is 3290. The highest BCUT2D eigenvalue weighted by Crippen LogP contribution is 2.46. The minimum absolute atomic E-state index is 0.902. The Hall–Kier alpha value is -7.68. The number of rotatable bonds is 7. The SMILES string of the molecule is c1cc(-c2ccc3ccccc3c2)cc(N(c2ccc(-c3cccc4c3oc3ccccc34)cc2)c2ccccc2-c2ccccc2-c2cccc3ccccc23)c1. The minimum atomic E-state index is 0.902. The minimum Gasteiger partial charge on any atom is -0.455 e. The van der Waals surface area contributed by atoms with Crippen molar-refractivity contribution in [3.8, 4) is 44.5 Å². The van der Waals surface area contributed by atoms with Crippen molar-refractivity contribution in [1.82, 2.24) is 0 Å². The predicted molar refractivity (Wildman–Crippen MR) is 245 cm³/mol. The van der Waals surface area contributed by atoms with Crippen molar-refractivity contribution in [3.63, 3.8) is 0 Å². The Morgan fingerprint density at radius 1 is 0.293 bits per heavy atom. The third-order valence-electron chi connectivity index (χ3n) is 11.5. The van der Waals surface area contributed by atoms with Crippen LogP contribution < -0.4 is 4.90 Å². The fourth-order valence-electron chi connectivity index (χ4n) is 8.69. The van der Waals surface area contributed by atoms with E-state index in [1.165, 1.54) is 43.8 Å². The molecule has 272 valence electrons. The topological polar surface area (TPSA) is 16.4 Å². The first-order valence-electron chi connectivity index (χ1n) is 19.8. The van der Waals surface area contributed by atoms with Crippen LogP contribution in [0.3, 0.4) is 0 Å².